The fraction of sp³-hybridized carbons (Fsp3) is 1.00. The molecule has 2 atom stereocenters. The molecule has 0 amide bonds. The van der Waals surface area contributed by atoms with Crippen molar-refractivity contribution in [1.29, 1.82) is 0 Å². The summed E-state index contributed by atoms with van der Waals surface area (Å²) in [6.45, 7) is 1.92. The van der Waals surface area contributed by atoms with Crippen molar-refractivity contribution in [1.82, 2.24) is 0 Å². The van der Waals surface area contributed by atoms with Crippen molar-refractivity contribution in [3.05, 3.63) is 0 Å². The van der Waals surface area contributed by atoms with E-state index in [1.807, 2.05) is 6.92 Å². The number of aliphatic hydroxyl groups excluding tert-OH is 4. The van der Waals surface area contributed by atoms with Gasteiger partial charge in [0, 0.05) is 0 Å². The molecule has 0 radical (unpaired) electrons. The zero-order valence-corrected chi connectivity index (χ0v) is 16.8. The first-order chi connectivity index (χ1) is 13.0. The molecule has 9 heteroatoms. The number of hydrogen-bond acceptors (Lipinski definition) is 9. The van der Waals surface area contributed by atoms with Crippen LogP contribution in [0.1, 0.15) is 84.0 Å². The van der Waals surface area contributed by atoms with Gasteiger partial charge in [0.15, 0.2) is 18.9 Å². The second-order valence-corrected chi connectivity index (χ2v) is 7.73. The van der Waals surface area contributed by atoms with Gasteiger partial charge in [0.25, 0.3) is 0 Å². The van der Waals surface area contributed by atoms with Gasteiger partial charge in [-0.3, -0.25) is 0 Å². The van der Waals surface area contributed by atoms with Crippen molar-refractivity contribution in [3.8, 4) is 0 Å². The van der Waals surface area contributed by atoms with E-state index in [4.69, 9.17) is 30.6 Å². The van der Waals surface area contributed by atoms with Gasteiger partial charge in [-0.05, 0) is 64.2 Å². The van der Waals surface area contributed by atoms with Gasteiger partial charge < -0.3 is 46.0 Å². The monoisotopic (exact) mass is 412 g/mol. The molecule has 9 N–H and O–H groups in total. The third-order valence-corrected chi connectivity index (χ3v) is 5.31. The highest BCUT2D eigenvalue weighted by Crippen LogP contribution is 2.40. The fourth-order valence-electron chi connectivity index (χ4n) is 3.61. The number of hydrogen-bond donors (Lipinski definition) is 9. The maximum Gasteiger partial charge on any atom is 0.151 e. The third kappa shape index (κ3) is 9.91. The van der Waals surface area contributed by atoms with Crippen LogP contribution in [0.25, 0.3) is 0 Å². The van der Waals surface area contributed by atoms with E-state index in [2.05, 4.69) is 0 Å². The van der Waals surface area contributed by atoms with Gasteiger partial charge in [0.1, 0.15) is 5.60 Å². The van der Waals surface area contributed by atoms with E-state index in [1.165, 1.54) is 0 Å². The minimum atomic E-state index is -1.96. The Kier molecular flexibility index (Phi) is 13.6. The van der Waals surface area contributed by atoms with Gasteiger partial charge in [-0.15, -0.1) is 0 Å². The topological polar surface area (TPSA) is 182 Å². The Morgan fingerprint density at radius 1 is 0.571 bits per heavy atom. The molecule has 170 valence electrons. The molecule has 0 saturated heterocycles. The molecule has 0 fully saturated rings. The smallest absolute Gasteiger partial charge is 0.151 e. The largest absolute Gasteiger partial charge is 0.390 e. The minimum Gasteiger partial charge on any atom is -0.390 e. The van der Waals surface area contributed by atoms with Crippen molar-refractivity contribution in [2.75, 3.05) is 0 Å². The summed E-state index contributed by atoms with van der Waals surface area (Å²) in [6.07, 6.45) is -4.11. The lowest BCUT2D eigenvalue weighted by Gasteiger charge is -2.47. The van der Waals surface area contributed by atoms with E-state index in [0.29, 0.717) is 6.42 Å². The van der Waals surface area contributed by atoms with Crippen LogP contribution >= 0.6 is 0 Å². The SMILES string of the molecule is CCCCC(O)C(O)(CCCC(O)O)C(O)(CCCC(O)O)CCCC(O)O. The summed E-state index contributed by atoms with van der Waals surface area (Å²) in [5, 5.41) is 87.8. The van der Waals surface area contributed by atoms with Gasteiger partial charge in [0.2, 0.25) is 0 Å². The third-order valence-electron chi connectivity index (χ3n) is 5.31. The Hall–Kier alpha value is -0.360. The summed E-state index contributed by atoms with van der Waals surface area (Å²) in [7, 11) is 0. The van der Waals surface area contributed by atoms with E-state index in [0.717, 1.165) is 6.42 Å². The Morgan fingerprint density at radius 2 is 0.964 bits per heavy atom. The highest BCUT2D eigenvalue weighted by molar-refractivity contribution is 5.04. The molecule has 0 heterocycles. The molecule has 0 aromatic carbocycles. The Bertz CT molecular complexity index is 376. The maximum absolute atomic E-state index is 11.4. The predicted molar refractivity (Wildman–Crippen MR) is 102 cm³/mol. The molecular weight excluding hydrogens is 372 g/mol. The number of aliphatic hydroxyl groups is 9. The van der Waals surface area contributed by atoms with Crippen LogP contribution in [-0.2, 0) is 0 Å². The second kappa shape index (κ2) is 13.8. The normalized spacial score (nSPS) is 16.2. The van der Waals surface area contributed by atoms with Gasteiger partial charge in [-0.25, -0.2) is 0 Å². The molecule has 9 nitrogen and oxygen atoms in total. The first-order valence-corrected chi connectivity index (χ1v) is 10.2. The van der Waals surface area contributed by atoms with E-state index in [-0.39, 0.29) is 64.2 Å². The van der Waals surface area contributed by atoms with Crippen LogP contribution < -0.4 is 0 Å². The van der Waals surface area contributed by atoms with Crippen molar-refractivity contribution < 1.29 is 46.0 Å². The van der Waals surface area contributed by atoms with Crippen LogP contribution in [0.4, 0.5) is 0 Å². The Balaban J connectivity index is 5.52. The molecule has 0 saturated carbocycles. The van der Waals surface area contributed by atoms with Gasteiger partial charge in [0.05, 0.1) is 11.7 Å². The Morgan fingerprint density at radius 3 is 1.32 bits per heavy atom. The van der Waals surface area contributed by atoms with Crippen LogP contribution in [0, 0.1) is 0 Å². The molecule has 0 aliphatic rings. The van der Waals surface area contributed by atoms with Crippen LogP contribution in [0.5, 0.6) is 0 Å². The molecule has 0 bridgehead atoms. The second-order valence-electron chi connectivity index (χ2n) is 7.73. The average molecular weight is 413 g/mol. The molecule has 2 unspecified atom stereocenters. The predicted octanol–water partition coefficient (Wildman–Crippen LogP) is -0.557. The van der Waals surface area contributed by atoms with E-state index in [1.54, 1.807) is 0 Å². The van der Waals surface area contributed by atoms with E-state index in [9.17, 15) is 15.3 Å². The zero-order chi connectivity index (χ0) is 21.8. The molecule has 0 aliphatic carbocycles. The molecular formula is C19H40O9. The molecule has 0 rings (SSSR count). The van der Waals surface area contributed by atoms with E-state index >= 15 is 0 Å². The zero-order valence-electron chi connectivity index (χ0n) is 16.8. The highest BCUT2D eigenvalue weighted by atomic mass is 16.5. The quantitative estimate of drug-likeness (QED) is 0.141. The lowest BCUT2D eigenvalue weighted by atomic mass is 9.69. The summed E-state index contributed by atoms with van der Waals surface area (Å²) in [4.78, 5) is 0. The highest BCUT2D eigenvalue weighted by Gasteiger charge is 2.52. The number of rotatable bonds is 17. The van der Waals surface area contributed by atoms with Gasteiger partial charge in [-0.1, -0.05) is 19.8 Å². The molecule has 0 aromatic heterocycles. The first-order valence-electron chi connectivity index (χ1n) is 10.2. The summed E-state index contributed by atoms with van der Waals surface area (Å²) in [6, 6.07) is 0. The Labute approximate surface area is 166 Å². The lowest BCUT2D eigenvalue weighted by Crippen LogP contribution is -2.61. The molecule has 0 spiro atoms. The first kappa shape index (κ1) is 27.6. The maximum atomic E-state index is 11.4. The summed E-state index contributed by atoms with van der Waals surface area (Å²) < 4.78 is 0. The molecule has 0 aliphatic heterocycles. The standard InChI is InChI=1S/C19H40O9/c1-2-3-7-14(20)19(28,13-6-10-17(25)26)18(27,11-4-8-15(21)22)12-5-9-16(23)24/h14-17,20-28H,2-13H2,1H3. The summed E-state index contributed by atoms with van der Waals surface area (Å²) in [5.41, 5.74) is -3.78. The van der Waals surface area contributed by atoms with Crippen LogP contribution in [0.2, 0.25) is 0 Å². The molecule has 28 heavy (non-hydrogen) atoms. The van der Waals surface area contributed by atoms with Crippen LogP contribution in [-0.4, -0.2) is 82.1 Å². The summed E-state index contributed by atoms with van der Waals surface area (Å²) >= 11 is 0. The number of unbranched alkanes of at least 4 members (excludes halogenated alkanes) is 1. The van der Waals surface area contributed by atoms with Crippen molar-refractivity contribution in [2.24, 2.45) is 0 Å². The summed E-state index contributed by atoms with van der Waals surface area (Å²) in [5.74, 6) is 0. The lowest BCUT2D eigenvalue weighted by molar-refractivity contribution is -0.218. The van der Waals surface area contributed by atoms with Crippen molar-refractivity contribution in [2.45, 2.75) is 120 Å². The van der Waals surface area contributed by atoms with Gasteiger partial charge in [-0.2, -0.15) is 0 Å². The van der Waals surface area contributed by atoms with Crippen LogP contribution in [0.3, 0.4) is 0 Å². The van der Waals surface area contributed by atoms with Crippen LogP contribution in [0.15, 0.2) is 0 Å². The average Bonchev–Trinajstić information content (AvgIpc) is 2.58. The fourth-order valence-corrected chi connectivity index (χ4v) is 3.61. The molecule has 0 aromatic rings. The van der Waals surface area contributed by atoms with E-state index < -0.39 is 36.2 Å². The van der Waals surface area contributed by atoms with Gasteiger partial charge >= 0.3 is 0 Å². The van der Waals surface area contributed by atoms with Crippen molar-refractivity contribution in [3.63, 3.8) is 0 Å². The minimum absolute atomic E-state index is 0.0264. The van der Waals surface area contributed by atoms with Crippen molar-refractivity contribution >= 4 is 0 Å².